The molecule has 0 aromatic heterocycles. The highest BCUT2D eigenvalue weighted by atomic mass is 19.3. The standard InChI is InChI=1S/C5H4F2O4/c1-2-3(8)11-5(6,7)4(9)10-2/h2H,1H3. The maximum Gasteiger partial charge on any atom is 0.504 e. The molecule has 0 amide bonds. The van der Waals surface area contributed by atoms with E-state index in [0.717, 1.165) is 6.92 Å². The molecule has 6 heteroatoms. The van der Waals surface area contributed by atoms with Crippen molar-refractivity contribution in [1.82, 2.24) is 0 Å². The average molecular weight is 166 g/mol. The van der Waals surface area contributed by atoms with Crippen LogP contribution in [0.4, 0.5) is 8.78 Å². The zero-order chi connectivity index (χ0) is 8.65. The summed E-state index contributed by atoms with van der Waals surface area (Å²) in [6.45, 7) is 1.15. The van der Waals surface area contributed by atoms with Gasteiger partial charge in [0, 0.05) is 0 Å². The number of rotatable bonds is 0. The van der Waals surface area contributed by atoms with Gasteiger partial charge in [-0.2, -0.15) is 8.78 Å². The van der Waals surface area contributed by atoms with Crippen LogP contribution in [0.15, 0.2) is 0 Å². The van der Waals surface area contributed by atoms with Gasteiger partial charge >= 0.3 is 18.0 Å². The monoisotopic (exact) mass is 166 g/mol. The summed E-state index contributed by atoms with van der Waals surface area (Å²) in [6.07, 6.45) is -5.37. The molecule has 0 radical (unpaired) electrons. The minimum Gasteiger partial charge on any atom is -0.443 e. The van der Waals surface area contributed by atoms with Crippen LogP contribution in [0.1, 0.15) is 6.92 Å². The van der Waals surface area contributed by atoms with Crippen LogP contribution < -0.4 is 0 Å². The fourth-order valence-corrected chi connectivity index (χ4v) is 0.528. The molecule has 0 aliphatic carbocycles. The number of ether oxygens (including phenoxy) is 2. The number of cyclic esters (lactones) is 2. The van der Waals surface area contributed by atoms with Gasteiger partial charge in [0.05, 0.1) is 0 Å². The molecule has 4 nitrogen and oxygen atoms in total. The summed E-state index contributed by atoms with van der Waals surface area (Å²) in [6, 6.07) is 0. The molecule has 1 heterocycles. The Bertz CT molecular complexity index is 213. The summed E-state index contributed by atoms with van der Waals surface area (Å²) in [7, 11) is 0. The molecule has 1 fully saturated rings. The SMILES string of the molecule is CC1OC(=O)C(F)(F)OC1=O. The predicted octanol–water partition coefficient (Wildman–Crippen LogP) is 0.0677. The van der Waals surface area contributed by atoms with Gasteiger partial charge in [-0.15, -0.1) is 0 Å². The maximum atomic E-state index is 12.1. The Kier molecular flexibility index (Phi) is 1.54. The average Bonchev–Trinajstić information content (AvgIpc) is 1.83. The zero-order valence-electron chi connectivity index (χ0n) is 5.47. The van der Waals surface area contributed by atoms with Gasteiger partial charge < -0.3 is 9.47 Å². The van der Waals surface area contributed by atoms with E-state index in [-0.39, 0.29) is 0 Å². The zero-order valence-corrected chi connectivity index (χ0v) is 5.47. The lowest BCUT2D eigenvalue weighted by molar-refractivity contribution is -0.268. The smallest absolute Gasteiger partial charge is 0.443 e. The summed E-state index contributed by atoms with van der Waals surface area (Å²) in [5, 5.41) is 0. The lowest BCUT2D eigenvalue weighted by Gasteiger charge is -2.23. The van der Waals surface area contributed by atoms with Crippen molar-refractivity contribution in [3.05, 3.63) is 0 Å². The number of halogens is 2. The molecule has 11 heavy (non-hydrogen) atoms. The van der Waals surface area contributed by atoms with Crippen LogP contribution in [0.25, 0.3) is 0 Å². The van der Waals surface area contributed by atoms with E-state index in [1.165, 1.54) is 0 Å². The molecule has 0 aromatic carbocycles. The summed E-state index contributed by atoms with van der Waals surface area (Å²) in [5.41, 5.74) is 0. The van der Waals surface area contributed by atoms with Crippen molar-refractivity contribution in [3.63, 3.8) is 0 Å². The first-order chi connectivity index (χ1) is 4.93. The first kappa shape index (κ1) is 7.90. The third-order valence-electron chi connectivity index (χ3n) is 1.08. The number of alkyl halides is 2. The largest absolute Gasteiger partial charge is 0.504 e. The number of carbonyl (C=O) groups excluding carboxylic acids is 2. The van der Waals surface area contributed by atoms with Gasteiger partial charge in [0.1, 0.15) is 0 Å². The van der Waals surface area contributed by atoms with Crippen LogP contribution in [0, 0.1) is 0 Å². The fraction of sp³-hybridized carbons (Fsp3) is 0.600. The number of hydrogen-bond donors (Lipinski definition) is 0. The van der Waals surface area contributed by atoms with E-state index in [0.29, 0.717) is 0 Å². The number of carbonyl (C=O) groups is 2. The molecule has 1 saturated heterocycles. The van der Waals surface area contributed by atoms with E-state index >= 15 is 0 Å². The molecule has 0 N–H and O–H groups in total. The molecule has 1 aliphatic rings. The molecule has 1 unspecified atom stereocenters. The quantitative estimate of drug-likeness (QED) is 0.478. The van der Waals surface area contributed by atoms with Crippen LogP contribution in [-0.2, 0) is 19.1 Å². The van der Waals surface area contributed by atoms with Gasteiger partial charge in [0.25, 0.3) is 0 Å². The summed E-state index contributed by atoms with van der Waals surface area (Å²) in [4.78, 5) is 20.6. The highest BCUT2D eigenvalue weighted by Gasteiger charge is 2.52. The molecule has 0 spiro atoms. The van der Waals surface area contributed by atoms with Crippen LogP contribution >= 0.6 is 0 Å². The molecule has 0 aromatic rings. The molecule has 1 atom stereocenters. The van der Waals surface area contributed by atoms with Crippen LogP contribution in [0.2, 0.25) is 0 Å². The topological polar surface area (TPSA) is 52.6 Å². The van der Waals surface area contributed by atoms with Crippen molar-refractivity contribution in [3.8, 4) is 0 Å². The summed E-state index contributed by atoms with van der Waals surface area (Å²) < 4.78 is 31.6. The second kappa shape index (κ2) is 2.14. The van der Waals surface area contributed by atoms with Crippen molar-refractivity contribution in [2.45, 2.75) is 19.1 Å². The molecular weight excluding hydrogens is 162 g/mol. The van der Waals surface area contributed by atoms with E-state index in [1.54, 1.807) is 0 Å². The lowest BCUT2D eigenvalue weighted by atomic mass is 10.4. The second-order valence-corrected chi connectivity index (χ2v) is 1.99. The third-order valence-corrected chi connectivity index (χ3v) is 1.08. The minimum atomic E-state index is -4.12. The van der Waals surface area contributed by atoms with Crippen molar-refractivity contribution in [2.24, 2.45) is 0 Å². The first-order valence-corrected chi connectivity index (χ1v) is 2.75. The lowest BCUT2D eigenvalue weighted by Crippen LogP contribution is -2.47. The molecule has 0 saturated carbocycles. The Labute approximate surface area is 60.1 Å². The van der Waals surface area contributed by atoms with E-state index in [1.807, 2.05) is 0 Å². The molecule has 62 valence electrons. The Morgan fingerprint density at radius 1 is 1.45 bits per heavy atom. The van der Waals surface area contributed by atoms with Gasteiger partial charge in [-0.3, -0.25) is 0 Å². The van der Waals surface area contributed by atoms with Gasteiger partial charge in [-0.05, 0) is 6.92 Å². The second-order valence-electron chi connectivity index (χ2n) is 1.99. The Morgan fingerprint density at radius 3 is 2.45 bits per heavy atom. The van der Waals surface area contributed by atoms with Gasteiger partial charge in [0.15, 0.2) is 6.10 Å². The van der Waals surface area contributed by atoms with Crippen LogP contribution in [0.3, 0.4) is 0 Å². The van der Waals surface area contributed by atoms with E-state index < -0.39 is 24.2 Å². The van der Waals surface area contributed by atoms with Gasteiger partial charge in [-0.25, -0.2) is 9.59 Å². The number of esters is 2. The van der Waals surface area contributed by atoms with Crippen molar-refractivity contribution in [1.29, 1.82) is 0 Å². The Hall–Kier alpha value is -1.20. The molecule has 1 rings (SSSR count). The van der Waals surface area contributed by atoms with Crippen molar-refractivity contribution >= 4 is 11.9 Å². The van der Waals surface area contributed by atoms with Gasteiger partial charge in [0.2, 0.25) is 0 Å². The Morgan fingerprint density at radius 2 is 2.00 bits per heavy atom. The van der Waals surface area contributed by atoms with Crippen LogP contribution in [0.5, 0.6) is 0 Å². The minimum absolute atomic E-state index is 1.15. The third kappa shape index (κ3) is 1.28. The highest BCUT2D eigenvalue weighted by molar-refractivity contribution is 5.87. The van der Waals surface area contributed by atoms with Crippen LogP contribution in [-0.4, -0.2) is 24.2 Å². The van der Waals surface area contributed by atoms with Crippen molar-refractivity contribution < 1.29 is 27.8 Å². The van der Waals surface area contributed by atoms with E-state index in [9.17, 15) is 18.4 Å². The Balaban J connectivity index is 2.79. The van der Waals surface area contributed by atoms with Gasteiger partial charge in [-0.1, -0.05) is 0 Å². The highest BCUT2D eigenvalue weighted by Crippen LogP contribution is 2.23. The maximum absolute atomic E-state index is 12.1. The molecule has 0 bridgehead atoms. The summed E-state index contributed by atoms with van der Waals surface area (Å²) >= 11 is 0. The first-order valence-electron chi connectivity index (χ1n) is 2.75. The van der Waals surface area contributed by atoms with E-state index in [2.05, 4.69) is 9.47 Å². The molecule has 1 aliphatic heterocycles. The summed E-state index contributed by atoms with van der Waals surface area (Å²) in [5.74, 6) is -3.07. The van der Waals surface area contributed by atoms with Crippen molar-refractivity contribution in [2.75, 3.05) is 0 Å². The predicted molar refractivity (Wildman–Crippen MR) is 26.6 cm³/mol. The normalized spacial score (nSPS) is 29.2. The number of hydrogen-bond acceptors (Lipinski definition) is 4. The fourth-order valence-electron chi connectivity index (χ4n) is 0.528. The van der Waals surface area contributed by atoms with E-state index in [4.69, 9.17) is 0 Å². The molecular formula is C5H4F2O4.